The molecular formula is C19H26N2O3. The Labute approximate surface area is 143 Å². The van der Waals surface area contributed by atoms with Gasteiger partial charge in [0, 0.05) is 11.7 Å². The number of nitrogens with one attached hydrogen (secondary N) is 2. The van der Waals surface area contributed by atoms with E-state index in [0.717, 1.165) is 42.5 Å². The molecule has 1 saturated carbocycles. The van der Waals surface area contributed by atoms with Gasteiger partial charge in [0.1, 0.15) is 5.70 Å². The number of aryl methyl sites for hydroxylation is 2. The Bertz CT molecular complexity index is 631. The highest BCUT2D eigenvalue weighted by atomic mass is 16.5. The van der Waals surface area contributed by atoms with Crippen LogP contribution in [-0.4, -0.2) is 25.0 Å². The lowest BCUT2D eigenvalue weighted by atomic mass is 9.95. The van der Waals surface area contributed by atoms with Crippen LogP contribution in [0, 0.1) is 13.8 Å². The molecule has 0 aliphatic heterocycles. The zero-order chi connectivity index (χ0) is 17.5. The maximum atomic E-state index is 12.6. The summed E-state index contributed by atoms with van der Waals surface area (Å²) < 4.78 is 4.68. The van der Waals surface area contributed by atoms with Crippen molar-refractivity contribution < 1.29 is 14.3 Å². The Morgan fingerprint density at radius 1 is 1.17 bits per heavy atom. The van der Waals surface area contributed by atoms with Crippen molar-refractivity contribution >= 4 is 17.6 Å². The van der Waals surface area contributed by atoms with Crippen LogP contribution >= 0.6 is 0 Å². The van der Waals surface area contributed by atoms with E-state index in [2.05, 4.69) is 15.4 Å². The average molecular weight is 330 g/mol. The number of carbonyl (C=O) groups excluding carboxylic acids is 2. The first-order valence-electron chi connectivity index (χ1n) is 8.44. The average Bonchev–Trinajstić information content (AvgIpc) is 2.58. The van der Waals surface area contributed by atoms with Crippen LogP contribution in [0.1, 0.15) is 43.2 Å². The number of amides is 1. The van der Waals surface area contributed by atoms with Crippen LogP contribution in [0.5, 0.6) is 0 Å². The van der Waals surface area contributed by atoms with Crippen LogP contribution in [0.3, 0.4) is 0 Å². The van der Waals surface area contributed by atoms with Crippen molar-refractivity contribution in [1.82, 2.24) is 5.32 Å². The molecule has 2 N–H and O–H groups in total. The summed E-state index contributed by atoms with van der Waals surface area (Å²) in [5.74, 6) is -0.824. The highest BCUT2D eigenvalue weighted by molar-refractivity contribution is 6.02. The molecule has 24 heavy (non-hydrogen) atoms. The lowest BCUT2D eigenvalue weighted by molar-refractivity contribution is -0.135. The zero-order valence-electron chi connectivity index (χ0n) is 14.6. The summed E-state index contributed by atoms with van der Waals surface area (Å²) in [6.07, 6.45) is 6.66. The van der Waals surface area contributed by atoms with Crippen molar-refractivity contribution in [3.63, 3.8) is 0 Å². The highest BCUT2D eigenvalue weighted by Gasteiger charge is 2.19. The summed E-state index contributed by atoms with van der Waals surface area (Å²) in [5, 5.41) is 6.12. The summed E-state index contributed by atoms with van der Waals surface area (Å²) in [6, 6.07) is 6.11. The normalized spacial score (nSPS) is 15.7. The molecule has 0 heterocycles. The topological polar surface area (TPSA) is 67.4 Å². The van der Waals surface area contributed by atoms with E-state index >= 15 is 0 Å². The van der Waals surface area contributed by atoms with Gasteiger partial charge in [0.25, 0.3) is 5.91 Å². The molecule has 130 valence electrons. The van der Waals surface area contributed by atoms with Gasteiger partial charge in [-0.05, 0) is 43.9 Å². The number of hydrogen-bond acceptors (Lipinski definition) is 4. The van der Waals surface area contributed by atoms with Crippen molar-refractivity contribution in [3.8, 4) is 0 Å². The number of ether oxygens (including phenoxy) is 1. The third kappa shape index (κ3) is 5.11. The highest BCUT2D eigenvalue weighted by Crippen LogP contribution is 2.20. The molecule has 1 aromatic rings. The Kier molecular flexibility index (Phi) is 6.41. The van der Waals surface area contributed by atoms with E-state index in [0.29, 0.717) is 0 Å². The lowest BCUT2D eigenvalue weighted by Crippen LogP contribution is -2.38. The van der Waals surface area contributed by atoms with Gasteiger partial charge in [-0.1, -0.05) is 31.4 Å². The van der Waals surface area contributed by atoms with E-state index in [-0.39, 0.29) is 17.6 Å². The summed E-state index contributed by atoms with van der Waals surface area (Å²) in [5.41, 5.74) is 3.10. The minimum Gasteiger partial charge on any atom is -0.466 e. The monoisotopic (exact) mass is 330 g/mol. The minimum atomic E-state index is -0.554. The molecule has 1 aromatic carbocycles. The third-order valence-electron chi connectivity index (χ3n) is 4.31. The molecule has 0 spiro atoms. The fraction of sp³-hybridized carbons (Fsp3) is 0.474. The molecule has 5 heteroatoms. The van der Waals surface area contributed by atoms with Crippen LogP contribution < -0.4 is 10.6 Å². The van der Waals surface area contributed by atoms with Crippen LogP contribution in [0.25, 0.3) is 0 Å². The lowest BCUT2D eigenvalue weighted by Gasteiger charge is -2.23. The Hall–Kier alpha value is -2.30. The summed E-state index contributed by atoms with van der Waals surface area (Å²) in [6.45, 7) is 3.94. The SMILES string of the molecule is COC(=O)/C=C(\Nc1cc(C)ccc1C)C(=O)NC1CCCCC1. The van der Waals surface area contributed by atoms with Crippen LogP contribution in [-0.2, 0) is 14.3 Å². The van der Waals surface area contributed by atoms with Crippen molar-refractivity contribution in [2.45, 2.75) is 52.0 Å². The quantitative estimate of drug-likeness (QED) is 0.642. The molecule has 1 aliphatic carbocycles. The standard InChI is InChI=1S/C19H26N2O3/c1-13-9-10-14(2)16(11-13)21-17(12-18(22)24-3)19(23)20-15-7-5-4-6-8-15/h9-12,15,21H,4-8H2,1-3H3,(H,20,23)/b17-12-. The van der Waals surface area contributed by atoms with E-state index < -0.39 is 5.97 Å². The smallest absolute Gasteiger partial charge is 0.332 e. The molecule has 1 fully saturated rings. The number of hydrogen-bond donors (Lipinski definition) is 2. The molecule has 0 unspecified atom stereocenters. The maximum Gasteiger partial charge on any atom is 0.332 e. The molecular weight excluding hydrogens is 304 g/mol. The van der Waals surface area contributed by atoms with Crippen LogP contribution in [0.2, 0.25) is 0 Å². The van der Waals surface area contributed by atoms with Gasteiger partial charge < -0.3 is 15.4 Å². The summed E-state index contributed by atoms with van der Waals surface area (Å²) in [4.78, 5) is 24.3. The van der Waals surface area contributed by atoms with Gasteiger partial charge >= 0.3 is 5.97 Å². The van der Waals surface area contributed by atoms with E-state index in [1.807, 2.05) is 32.0 Å². The first-order chi connectivity index (χ1) is 11.5. The fourth-order valence-corrected chi connectivity index (χ4v) is 2.86. The molecule has 0 atom stereocenters. The number of rotatable bonds is 5. The van der Waals surface area contributed by atoms with E-state index in [9.17, 15) is 9.59 Å². The fourth-order valence-electron chi connectivity index (χ4n) is 2.86. The predicted molar refractivity (Wildman–Crippen MR) is 94.7 cm³/mol. The largest absolute Gasteiger partial charge is 0.466 e. The maximum absolute atomic E-state index is 12.6. The van der Waals surface area contributed by atoms with Gasteiger partial charge in [-0.25, -0.2) is 4.79 Å². The molecule has 0 saturated heterocycles. The number of methoxy groups -OCH3 is 1. The molecule has 0 bridgehead atoms. The molecule has 5 nitrogen and oxygen atoms in total. The minimum absolute atomic E-state index is 0.174. The van der Waals surface area contributed by atoms with Crippen molar-refractivity contribution in [2.24, 2.45) is 0 Å². The second-order valence-electron chi connectivity index (χ2n) is 6.33. The van der Waals surface area contributed by atoms with Gasteiger partial charge in [-0.15, -0.1) is 0 Å². The predicted octanol–water partition coefficient (Wildman–Crippen LogP) is 3.22. The summed E-state index contributed by atoms with van der Waals surface area (Å²) >= 11 is 0. The number of carbonyl (C=O) groups is 2. The molecule has 0 radical (unpaired) electrons. The zero-order valence-corrected chi connectivity index (χ0v) is 14.6. The second kappa shape index (κ2) is 8.52. The first-order valence-corrected chi connectivity index (χ1v) is 8.44. The number of esters is 1. The molecule has 1 amide bonds. The Morgan fingerprint density at radius 2 is 1.88 bits per heavy atom. The van der Waals surface area contributed by atoms with E-state index in [4.69, 9.17) is 0 Å². The van der Waals surface area contributed by atoms with Gasteiger partial charge in [0.15, 0.2) is 0 Å². The van der Waals surface area contributed by atoms with Gasteiger partial charge in [0.05, 0.1) is 13.2 Å². The van der Waals surface area contributed by atoms with Gasteiger partial charge in [-0.3, -0.25) is 4.79 Å². The number of anilines is 1. The van der Waals surface area contributed by atoms with E-state index in [1.165, 1.54) is 19.6 Å². The van der Waals surface area contributed by atoms with Gasteiger partial charge in [0.2, 0.25) is 0 Å². The second-order valence-corrected chi connectivity index (χ2v) is 6.33. The third-order valence-corrected chi connectivity index (χ3v) is 4.31. The molecule has 1 aliphatic rings. The Balaban J connectivity index is 2.17. The summed E-state index contributed by atoms with van der Waals surface area (Å²) in [7, 11) is 1.30. The molecule has 2 rings (SSSR count). The van der Waals surface area contributed by atoms with Crippen molar-refractivity contribution in [3.05, 3.63) is 41.1 Å². The number of benzene rings is 1. The molecule has 0 aromatic heterocycles. The van der Waals surface area contributed by atoms with Crippen LogP contribution in [0.4, 0.5) is 5.69 Å². The van der Waals surface area contributed by atoms with E-state index in [1.54, 1.807) is 0 Å². The van der Waals surface area contributed by atoms with Gasteiger partial charge in [-0.2, -0.15) is 0 Å². The van der Waals surface area contributed by atoms with Crippen molar-refractivity contribution in [1.29, 1.82) is 0 Å². The van der Waals surface area contributed by atoms with Crippen LogP contribution in [0.15, 0.2) is 30.0 Å². The van der Waals surface area contributed by atoms with Crippen molar-refractivity contribution in [2.75, 3.05) is 12.4 Å². The Morgan fingerprint density at radius 3 is 2.54 bits per heavy atom. The first kappa shape index (κ1) is 18.0.